The van der Waals surface area contributed by atoms with Crippen LogP contribution in [0, 0.1) is 5.82 Å². The molecule has 1 aromatic heterocycles. The quantitative estimate of drug-likeness (QED) is 0.749. The number of carbonyl (C=O) groups excluding carboxylic acids is 1. The summed E-state index contributed by atoms with van der Waals surface area (Å²) in [5.41, 5.74) is 0.382. The van der Waals surface area contributed by atoms with Crippen LogP contribution in [0.25, 0.3) is 10.8 Å². The van der Waals surface area contributed by atoms with E-state index in [1.807, 2.05) is 18.2 Å². The van der Waals surface area contributed by atoms with Gasteiger partial charge < -0.3 is 5.32 Å². The molecule has 0 spiro atoms. The number of halogens is 2. The van der Waals surface area contributed by atoms with E-state index >= 15 is 0 Å². The predicted molar refractivity (Wildman–Crippen MR) is 83.8 cm³/mol. The number of hydrogen-bond donors (Lipinski definition) is 1. The van der Waals surface area contributed by atoms with Gasteiger partial charge in [0, 0.05) is 21.6 Å². The summed E-state index contributed by atoms with van der Waals surface area (Å²) >= 11 is 3.41. The molecule has 0 unspecified atom stereocenters. The van der Waals surface area contributed by atoms with Crippen LogP contribution in [-0.2, 0) is 0 Å². The summed E-state index contributed by atoms with van der Waals surface area (Å²) in [7, 11) is 0. The van der Waals surface area contributed by atoms with Crippen molar-refractivity contribution >= 4 is 38.4 Å². The van der Waals surface area contributed by atoms with Gasteiger partial charge in [0.2, 0.25) is 0 Å². The maximum absolute atomic E-state index is 12.8. The first-order valence-corrected chi connectivity index (χ1v) is 7.03. The van der Waals surface area contributed by atoms with Crippen molar-refractivity contribution in [1.29, 1.82) is 0 Å². The largest absolute Gasteiger partial charge is 0.307 e. The number of pyridine rings is 1. The Hall–Kier alpha value is -2.27. The Kier molecular flexibility index (Phi) is 3.66. The first-order chi connectivity index (χ1) is 10.1. The van der Waals surface area contributed by atoms with Gasteiger partial charge >= 0.3 is 0 Å². The molecule has 3 rings (SSSR count). The Balaban J connectivity index is 1.87. The number of fused-ring (bicyclic) bond motifs is 1. The van der Waals surface area contributed by atoms with Gasteiger partial charge in [0.1, 0.15) is 11.6 Å². The summed E-state index contributed by atoms with van der Waals surface area (Å²) in [4.78, 5) is 16.2. The van der Waals surface area contributed by atoms with Crippen LogP contribution in [0.15, 0.2) is 59.2 Å². The molecule has 0 bridgehead atoms. The highest BCUT2D eigenvalue weighted by molar-refractivity contribution is 9.10. The van der Waals surface area contributed by atoms with Gasteiger partial charge in [0.25, 0.3) is 5.91 Å². The molecule has 3 aromatic rings. The van der Waals surface area contributed by atoms with Crippen LogP contribution in [0.2, 0.25) is 0 Å². The lowest BCUT2D eigenvalue weighted by molar-refractivity contribution is 0.102. The maximum Gasteiger partial charge on any atom is 0.256 e. The fourth-order valence-corrected chi connectivity index (χ4v) is 2.35. The van der Waals surface area contributed by atoms with Crippen molar-refractivity contribution < 1.29 is 9.18 Å². The van der Waals surface area contributed by atoms with Crippen LogP contribution in [0.5, 0.6) is 0 Å². The molecule has 0 saturated heterocycles. The molecule has 0 aliphatic rings. The zero-order chi connectivity index (χ0) is 14.8. The van der Waals surface area contributed by atoms with Crippen LogP contribution < -0.4 is 5.32 Å². The summed E-state index contributed by atoms with van der Waals surface area (Å²) in [6, 6.07) is 13.0. The Morgan fingerprint density at radius 2 is 1.81 bits per heavy atom. The molecular formula is C16H10BrFN2O. The van der Waals surface area contributed by atoms with Crippen molar-refractivity contribution in [1.82, 2.24) is 4.98 Å². The average molecular weight is 345 g/mol. The third-order valence-corrected chi connectivity index (χ3v) is 3.53. The van der Waals surface area contributed by atoms with Gasteiger partial charge in [-0.25, -0.2) is 9.37 Å². The molecule has 1 heterocycles. The molecule has 5 heteroatoms. The number of anilines is 1. The molecule has 0 aliphatic carbocycles. The van der Waals surface area contributed by atoms with Gasteiger partial charge in [-0.15, -0.1) is 0 Å². The lowest BCUT2D eigenvalue weighted by Crippen LogP contribution is -2.12. The van der Waals surface area contributed by atoms with E-state index in [-0.39, 0.29) is 11.7 Å². The second-order valence-corrected chi connectivity index (χ2v) is 5.44. The molecule has 0 fully saturated rings. The Morgan fingerprint density at radius 3 is 2.57 bits per heavy atom. The third-order valence-electron chi connectivity index (χ3n) is 3.03. The van der Waals surface area contributed by atoms with E-state index in [1.165, 1.54) is 24.3 Å². The second-order valence-electron chi connectivity index (χ2n) is 4.52. The standard InChI is InChI=1S/C16H10BrFN2O/c17-13-4-1-11-9-19-15(8-12(11)7-13)20-16(21)10-2-5-14(18)6-3-10/h1-9H,(H,19,20,21). The van der Waals surface area contributed by atoms with E-state index in [0.29, 0.717) is 11.4 Å². The highest BCUT2D eigenvalue weighted by atomic mass is 79.9. The monoisotopic (exact) mass is 344 g/mol. The number of nitrogens with one attached hydrogen (secondary N) is 1. The summed E-state index contributed by atoms with van der Waals surface area (Å²) < 4.78 is 13.8. The van der Waals surface area contributed by atoms with Crippen LogP contribution >= 0.6 is 15.9 Å². The minimum absolute atomic E-state index is 0.322. The first kappa shape index (κ1) is 13.7. The van der Waals surface area contributed by atoms with Gasteiger partial charge in [-0.2, -0.15) is 0 Å². The van der Waals surface area contributed by atoms with Crippen LogP contribution in [0.3, 0.4) is 0 Å². The molecule has 1 amide bonds. The van der Waals surface area contributed by atoms with Crippen LogP contribution in [0.4, 0.5) is 10.2 Å². The van der Waals surface area contributed by atoms with Crippen molar-refractivity contribution in [2.45, 2.75) is 0 Å². The Bertz CT molecular complexity index is 818. The molecular weight excluding hydrogens is 335 g/mol. The number of amides is 1. The zero-order valence-corrected chi connectivity index (χ0v) is 12.4. The smallest absolute Gasteiger partial charge is 0.256 e. The highest BCUT2D eigenvalue weighted by Gasteiger charge is 2.07. The van der Waals surface area contributed by atoms with E-state index in [0.717, 1.165) is 15.2 Å². The molecule has 0 saturated carbocycles. The first-order valence-electron chi connectivity index (χ1n) is 6.24. The van der Waals surface area contributed by atoms with Gasteiger partial charge in [-0.05, 0) is 47.9 Å². The van der Waals surface area contributed by atoms with Crippen LogP contribution in [0.1, 0.15) is 10.4 Å². The summed E-state index contributed by atoms with van der Waals surface area (Å²) in [6.07, 6.45) is 1.70. The maximum atomic E-state index is 12.8. The SMILES string of the molecule is O=C(Nc1cc2cc(Br)ccc2cn1)c1ccc(F)cc1. The molecule has 104 valence electrons. The number of aromatic nitrogens is 1. The van der Waals surface area contributed by atoms with Crippen molar-refractivity contribution in [3.8, 4) is 0 Å². The number of benzene rings is 2. The zero-order valence-electron chi connectivity index (χ0n) is 10.8. The number of nitrogens with zero attached hydrogens (tertiary/aromatic N) is 1. The van der Waals surface area contributed by atoms with Gasteiger partial charge in [0.15, 0.2) is 0 Å². The van der Waals surface area contributed by atoms with E-state index in [9.17, 15) is 9.18 Å². The molecule has 2 aromatic carbocycles. The fraction of sp³-hybridized carbons (Fsp3) is 0. The predicted octanol–water partition coefficient (Wildman–Crippen LogP) is 4.39. The molecule has 0 radical (unpaired) electrons. The Morgan fingerprint density at radius 1 is 1.05 bits per heavy atom. The number of carbonyl (C=O) groups is 1. The minimum atomic E-state index is -0.375. The summed E-state index contributed by atoms with van der Waals surface area (Å²) in [6.45, 7) is 0. The average Bonchev–Trinajstić information content (AvgIpc) is 2.47. The Labute approximate surface area is 128 Å². The summed E-state index contributed by atoms with van der Waals surface area (Å²) in [5.74, 6) is -0.244. The van der Waals surface area contributed by atoms with E-state index in [2.05, 4.69) is 26.2 Å². The van der Waals surface area contributed by atoms with Crippen molar-refractivity contribution in [2.75, 3.05) is 5.32 Å². The van der Waals surface area contributed by atoms with Gasteiger partial charge in [-0.1, -0.05) is 22.0 Å². The van der Waals surface area contributed by atoms with Crippen molar-refractivity contribution in [2.24, 2.45) is 0 Å². The fourth-order valence-electron chi connectivity index (χ4n) is 1.97. The summed E-state index contributed by atoms with van der Waals surface area (Å²) in [5, 5.41) is 4.65. The van der Waals surface area contributed by atoms with E-state index in [4.69, 9.17) is 0 Å². The third kappa shape index (κ3) is 3.08. The highest BCUT2D eigenvalue weighted by Crippen LogP contribution is 2.21. The number of rotatable bonds is 2. The topological polar surface area (TPSA) is 42.0 Å². The van der Waals surface area contributed by atoms with Gasteiger partial charge in [0.05, 0.1) is 0 Å². The molecule has 21 heavy (non-hydrogen) atoms. The molecule has 0 atom stereocenters. The van der Waals surface area contributed by atoms with E-state index in [1.54, 1.807) is 12.3 Å². The molecule has 1 N–H and O–H groups in total. The minimum Gasteiger partial charge on any atom is -0.307 e. The van der Waals surface area contributed by atoms with E-state index < -0.39 is 0 Å². The second kappa shape index (κ2) is 5.61. The lowest BCUT2D eigenvalue weighted by Gasteiger charge is -2.06. The van der Waals surface area contributed by atoms with Crippen molar-refractivity contribution in [3.63, 3.8) is 0 Å². The van der Waals surface area contributed by atoms with Crippen molar-refractivity contribution in [3.05, 3.63) is 70.6 Å². The molecule has 0 aliphatic heterocycles. The lowest BCUT2D eigenvalue weighted by atomic mass is 10.2. The van der Waals surface area contributed by atoms with Gasteiger partial charge in [-0.3, -0.25) is 4.79 Å². The number of hydrogen-bond acceptors (Lipinski definition) is 2. The van der Waals surface area contributed by atoms with Crippen LogP contribution in [-0.4, -0.2) is 10.9 Å². The molecule has 3 nitrogen and oxygen atoms in total. The normalized spacial score (nSPS) is 10.6.